The number of ether oxygens (including phenoxy) is 1. The van der Waals surface area contributed by atoms with Gasteiger partial charge in [0.15, 0.2) is 0 Å². The zero-order valence-corrected chi connectivity index (χ0v) is 10.6. The fourth-order valence-electron chi connectivity index (χ4n) is 1.88. The summed E-state index contributed by atoms with van der Waals surface area (Å²) in [4.78, 5) is 14.0. The Kier molecular flexibility index (Phi) is 3.83. The Labute approximate surface area is 104 Å². The Morgan fingerprint density at radius 2 is 2.12 bits per heavy atom. The average Bonchev–Trinajstić information content (AvgIpc) is 2.82. The molecule has 2 rings (SSSR count). The van der Waals surface area contributed by atoms with Crippen LogP contribution in [-0.4, -0.2) is 29.4 Å². The maximum absolute atomic E-state index is 12.1. The van der Waals surface area contributed by atoms with Crippen LogP contribution < -0.4 is 4.74 Å². The van der Waals surface area contributed by atoms with Crippen molar-refractivity contribution >= 4 is 21.8 Å². The predicted octanol–water partition coefficient (Wildman–Crippen LogP) is 2.65. The van der Waals surface area contributed by atoms with E-state index in [2.05, 4.69) is 15.9 Å². The number of halogens is 1. The molecule has 1 aromatic carbocycles. The molecule has 1 saturated heterocycles. The van der Waals surface area contributed by atoms with E-state index in [1.807, 2.05) is 23.1 Å². The van der Waals surface area contributed by atoms with Crippen molar-refractivity contribution in [1.29, 1.82) is 0 Å². The minimum Gasteiger partial charge on any atom is -0.482 e. The van der Waals surface area contributed by atoms with Crippen LogP contribution in [0.3, 0.4) is 0 Å². The molecule has 4 heteroatoms. The second-order valence-electron chi connectivity index (χ2n) is 3.78. The third-order valence-corrected chi connectivity index (χ3v) is 2.92. The number of carbonyl (C=O) groups excluding carboxylic acids is 1. The van der Waals surface area contributed by atoms with Crippen molar-refractivity contribution in [2.75, 3.05) is 18.6 Å². The molecule has 1 heterocycles. The maximum Gasteiger partial charge on any atom is 0.253 e. The van der Waals surface area contributed by atoms with E-state index in [-0.39, 0.29) is 5.91 Å². The summed E-state index contributed by atoms with van der Waals surface area (Å²) in [5, 5.41) is 0. The molecule has 0 spiro atoms. The molecular weight excluding hydrogens is 270 g/mol. The average molecular weight is 284 g/mol. The van der Waals surface area contributed by atoms with E-state index < -0.39 is 0 Å². The molecule has 0 saturated carbocycles. The standard InChI is InChI=1S/C12H14BrNO2/c13-9-16-11-5-3-4-10(8-11)12(15)14-6-1-2-7-14/h3-5,8H,1-2,6-7,9H2. The number of hydrogen-bond acceptors (Lipinski definition) is 2. The Morgan fingerprint density at radius 3 is 2.81 bits per heavy atom. The SMILES string of the molecule is O=C(c1cccc(OCBr)c1)N1CCCC1. The van der Waals surface area contributed by atoms with Gasteiger partial charge in [0, 0.05) is 18.7 Å². The Balaban J connectivity index is 2.12. The maximum atomic E-state index is 12.1. The van der Waals surface area contributed by atoms with Crippen LogP contribution in [0.5, 0.6) is 5.75 Å². The summed E-state index contributed by atoms with van der Waals surface area (Å²) in [6.07, 6.45) is 2.23. The van der Waals surface area contributed by atoms with Crippen molar-refractivity contribution in [3.8, 4) is 5.75 Å². The van der Waals surface area contributed by atoms with Gasteiger partial charge in [0.2, 0.25) is 0 Å². The van der Waals surface area contributed by atoms with E-state index in [1.165, 1.54) is 0 Å². The van der Waals surface area contributed by atoms with Crippen LogP contribution in [0.15, 0.2) is 24.3 Å². The van der Waals surface area contributed by atoms with E-state index >= 15 is 0 Å². The topological polar surface area (TPSA) is 29.5 Å². The number of nitrogens with zero attached hydrogens (tertiary/aromatic N) is 1. The van der Waals surface area contributed by atoms with Gasteiger partial charge in [-0.05, 0) is 47.0 Å². The van der Waals surface area contributed by atoms with Gasteiger partial charge in [-0.2, -0.15) is 0 Å². The third kappa shape index (κ3) is 2.55. The molecule has 1 aliphatic rings. The number of carbonyl (C=O) groups is 1. The Bertz CT molecular complexity index is 375. The first-order chi connectivity index (χ1) is 7.81. The summed E-state index contributed by atoms with van der Waals surface area (Å²) < 4.78 is 5.31. The molecule has 0 N–H and O–H groups in total. The van der Waals surface area contributed by atoms with E-state index in [0.717, 1.165) is 31.7 Å². The summed E-state index contributed by atoms with van der Waals surface area (Å²) in [6, 6.07) is 7.33. The lowest BCUT2D eigenvalue weighted by atomic mass is 10.2. The predicted molar refractivity (Wildman–Crippen MR) is 66.0 cm³/mol. The number of alkyl halides is 1. The van der Waals surface area contributed by atoms with E-state index in [9.17, 15) is 4.79 Å². The van der Waals surface area contributed by atoms with Crippen LogP contribution in [0.4, 0.5) is 0 Å². The third-order valence-electron chi connectivity index (χ3n) is 2.70. The first-order valence-electron chi connectivity index (χ1n) is 5.39. The highest BCUT2D eigenvalue weighted by Crippen LogP contribution is 2.17. The molecule has 0 aliphatic carbocycles. The number of hydrogen-bond donors (Lipinski definition) is 0. The minimum absolute atomic E-state index is 0.109. The fourth-order valence-corrected chi connectivity index (χ4v) is 2.15. The molecule has 16 heavy (non-hydrogen) atoms. The van der Waals surface area contributed by atoms with Gasteiger partial charge in [-0.25, -0.2) is 0 Å². The Morgan fingerprint density at radius 1 is 1.38 bits per heavy atom. The van der Waals surface area contributed by atoms with Crippen LogP contribution in [0.1, 0.15) is 23.2 Å². The molecule has 1 aliphatic heterocycles. The molecular formula is C12H14BrNO2. The number of amides is 1. The summed E-state index contributed by atoms with van der Waals surface area (Å²) in [7, 11) is 0. The highest BCUT2D eigenvalue weighted by atomic mass is 79.9. The van der Waals surface area contributed by atoms with E-state index in [0.29, 0.717) is 11.1 Å². The Hall–Kier alpha value is -1.03. The number of likely N-dealkylation sites (tertiary alicyclic amines) is 1. The smallest absolute Gasteiger partial charge is 0.253 e. The molecule has 1 aromatic rings. The highest BCUT2D eigenvalue weighted by Gasteiger charge is 2.19. The molecule has 0 aromatic heterocycles. The highest BCUT2D eigenvalue weighted by molar-refractivity contribution is 9.09. The van der Waals surface area contributed by atoms with Crippen molar-refractivity contribution in [1.82, 2.24) is 4.90 Å². The van der Waals surface area contributed by atoms with Gasteiger partial charge in [-0.1, -0.05) is 6.07 Å². The van der Waals surface area contributed by atoms with Crippen LogP contribution in [0, 0.1) is 0 Å². The van der Waals surface area contributed by atoms with Crippen molar-refractivity contribution in [3.63, 3.8) is 0 Å². The largest absolute Gasteiger partial charge is 0.482 e. The summed E-state index contributed by atoms with van der Waals surface area (Å²) in [5.41, 5.74) is 1.15. The quantitative estimate of drug-likeness (QED) is 0.799. The van der Waals surface area contributed by atoms with Gasteiger partial charge in [-0.3, -0.25) is 4.79 Å². The molecule has 0 bridgehead atoms. The summed E-state index contributed by atoms with van der Waals surface area (Å²) in [6.45, 7) is 1.75. The van der Waals surface area contributed by atoms with Gasteiger partial charge in [0.1, 0.15) is 11.3 Å². The van der Waals surface area contributed by atoms with Gasteiger partial charge in [0.25, 0.3) is 5.91 Å². The molecule has 1 fully saturated rings. The lowest BCUT2D eigenvalue weighted by Crippen LogP contribution is -2.27. The van der Waals surface area contributed by atoms with Crippen LogP contribution >= 0.6 is 15.9 Å². The molecule has 86 valence electrons. The second-order valence-corrected chi connectivity index (χ2v) is 4.24. The van der Waals surface area contributed by atoms with Crippen molar-refractivity contribution in [2.45, 2.75) is 12.8 Å². The number of rotatable bonds is 3. The van der Waals surface area contributed by atoms with Crippen LogP contribution in [-0.2, 0) is 0 Å². The normalized spacial score (nSPS) is 15.2. The molecule has 3 nitrogen and oxygen atoms in total. The summed E-state index contributed by atoms with van der Waals surface area (Å²) in [5.74, 6) is 0.833. The zero-order valence-electron chi connectivity index (χ0n) is 8.99. The first-order valence-corrected chi connectivity index (χ1v) is 6.51. The lowest BCUT2D eigenvalue weighted by molar-refractivity contribution is 0.0792. The van der Waals surface area contributed by atoms with Gasteiger partial charge in [-0.15, -0.1) is 0 Å². The van der Waals surface area contributed by atoms with Crippen molar-refractivity contribution in [2.24, 2.45) is 0 Å². The van der Waals surface area contributed by atoms with Gasteiger partial charge in [0.05, 0.1) is 0 Å². The van der Waals surface area contributed by atoms with Crippen molar-refractivity contribution in [3.05, 3.63) is 29.8 Å². The van der Waals surface area contributed by atoms with E-state index in [1.54, 1.807) is 6.07 Å². The van der Waals surface area contributed by atoms with Gasteiger partial charge < -0.3 is 9.64 Å². The molecule has 0 radical (unpaired) electrons. The second kappa shape index (κ2) is 5.34. The molecule has 1 amide bonds. The monoisotopic (exact) mass is 283 g/mol. The van der Waals surface area contributed by atoms with Gasteiger partial charge >= 0.3 is 0 Å². The van der Waals surface area contributed by atoms with Crippen molar-refractivity contribution < 1.29 is 9.53 Å². The van der Waals surface area contributed by atoms with E-state index in [4.69, 9.17) is 4.74 Å². The first kappa shape index (κ1) is 11.5. The summed E-state index contributed by atoms with van der Waals surface area (Å²) >= 11 is 3.20. The van der Waals surface area contributed by atoms with Crippen LogP contribution in [0.25, 0.3) is 0 Å². The van der Waals surface area contributed by atoms with Crippen LogP contribution in [0.2, 0.25) is 0 Å². The lowest BCUT2D eigenvalue weighted by Gasteiger charge is -2.15. The molecule has 0 atom stereocenters. The number of benzene rings is 1. The fraction of sp³-hybridized carbons (Fsp3) is 0.417. The minimum atomic E-state index is 0.109. The molecule has 0 unspecified atom stereocenters. The zero-order chi connectivity index (χ0) is 11.4.